The van der Waals surface area contributed by atoms with E-state index >= 15 is 0 Å². The minimum Gasteiger partial charge on any atom is -0.481 e. The van der Waals surface area contributed by atoms with Gasteiger partial charge in [-0.1, -0.05) is 22.9 Å². The lowest BCUT2D eigenvalue weighted by Gasteiger charge is -1.94. The molecule has 0 spiro atoms. The quantitative estimate of drug-likeness (QED) is 0.847. The molecule has 0 aliphatic rings. The van der Waals surface area contributed by atoms with Gasteiger partial charge in [0.15, 0.2) is 5.82 Å². The van der Waals surface area contributed by atoms with Crippen molar-refractivity contribution in [1.82, 2.24) is 10.1 Å². The zero-order chi connectivity index (χ0) is 11.5. The van der Waals surface area contributed by atoms with Gasteiger partial charge in [-0.15, -0.1) is 0 Å². The smallest absolute Gasteiger partial charge is 0.311 e. The van der Waals surface area contributed by atoms with Crippen molar-refractivity contribution < 1.29 is 14.4 Å². The molecule has 1 N–H and O–H groups in total. The Balaban J connectivity index is 2.24. The number of aliphatic carboxylic acids is 1. The van der Waals surface area contributed by atoms with Crippen molar-refractivity contribution in [3.63, 3.8) is 0 Å². The van der Waals surface area contributed by atoms with Crippen molar-refractivity contribution in [3.8, 4) is 11.5 Å². The summed E-state index contributed by atoms with van der Waals surface area (Å²) in [6.07, 6.45) is -0.227. The molecule has 5 nitrogen and oxygen atoms in total. The summed E-state index contributed by atoms with van der Waals surface area (Å²) in [7, 11) is 0. The van der Waals surface area contributed by atoms with Gasteiger partial charge >= 0.3 is 5.97 Å². The lowest BCUT2D eigenvalue weighted by Crippen LogP contribution is -2.01. The van der Waals surface area contributed by atoms with Gasteiger partial charge in [0.2, 0.25) is 0 Å². The summed E-state index contributed by atoms with van der Waals surface area (Å²) >= 11 is 0. The zero-order valence-corrected chi connectivity index (χ0v) is 8.67. The molecule has 0 atom stereocenters. The average molecular weight is 218 g/mol. The molecule has 1 aromatic heterocycles. The number of carbonyl (C=O) groups is 1. The van der Waals surface area contributed by atoms with E-state index in [2.05, 4.69) is 10.1 Å². The molecular weight excluding hydrogens is 208 g/mol. The normalized spacial score (nSPS) is 10.3. The monoisotopic (exact) mass is 218 g/mol. The number of hydrogen-bond donors (Lipinski definition) is 1. The van der Waals surface area contributed by atoms with Crippen LogP contribution in [-0.2, 0) is 11.2 Å². The molecule has 16 heavy (non-hydrogen) atoms. The summed E-state index contributed by atoms with van der Waals surface area (Å²) in [4.78, 5) is 14.4. The molecule has 0 saturated heterocycles. The van der Waals surface area contributed by atoms with Gasteiger partial charge in [-0.25, -0.2) is 0 Å². The van der Waals surface area contributed by atoms with Crippen LogP contribution in [0.1, 0.15) is 11.4 Å². The van der Waals surface area contributed by atoms with Gasteiger partial charge < -0.3 is 9.63 Å². The topological polar surface area (TPSA) is 76.2 Å². The van der Waals surface area contributed by atoms with Gasteiger partial charge in [-0.05, 0) is 19.1 Å². The van der Waals surface area contributed by atoms with E-state index in [1.165, 1.54) is 0 Å². The Morgan fingerprint density at radius 3 is 2.69 bits per heavy atom. The summed E-state index contributed by atoms with van der Waals surface area (Å²) in [6, 6.07) is 7.56. The molecule has 1 aromatic carbocycles. The number of hydrogen-bond acceptors (Lipinski definition) is 4. The van der Waals surface area contributed by atoms with Crippen molar-refractivity contribution in [2.75, 3.05) is 0 Å². The van der Waals surface area contributed by atoms with Crippen molar-refractivity contribution >= 4 is 5.97 Å². The van der Waals surface area contributed by atoms with Gasteiger partial charge in [0.25, 0.3) is 5.89 Å². The standard InChI is InChI=1S/C11H10N2O3/c1-7-2-4-8(5-3-7)11-12-9(13-16-11)6-10(14)15/h2-5H,6H2,1H3,(H,14,15). The summed E-state index contributed by atoms with van der Waals surface area (Å²) < 4.78 is 4.97. The molecular formula is C11H10N2O3. The van der Waals surface area contributed by atoms with Crippen LogP contribution in [0.4, 0.5) is 0 Å². The molecule has 1 heterocycles. The van der Waals surface area contributed by atoms with Gasteiger partial charge in [0.1, 0.15) is 6.42 Å². The maximum Gasteiger partial charge on any atom is 0.311 e. The van der Waals surface area contributed by atoms with Crippen LogP contribution in [0, 0.1) is 6.92 Å². The maximum absolute atomic E-state index is 10.4. The summed E-state index contributed by atoms with van der Waals surface area (Å²) in [5, 5.41) is 12.1. The Morgan fingerprint density at radius 1 is 1.38 bits per heavy atom. The van der Waals surface area contributed by atoms with Crippen LogP contribution in [0.25, 0.3) is 11.5 Å². The third-order valence-electron chi connectivity index (χ3n) is 2.08. The zero-order valence-electron chi connectivity index (χ0n) is 8.67. The van der Waals surface area contributed by atoms with Crippen LogP contribution in [0.3, 0.4) is 0 Å². The van der Waals surface area contributed by atoms with Crippen molar-refractivity contribution in [3.05, 3.63) is 35.7 Å². The fourth-order valence-corrected chi connectivity index (χ4v) is 1.27. The van der Waals surface area contributed by atoms with Crippen LogP contribution < -0.4 is 0 Å². The predicted molar refractivity (Wildman–Crippen MR) is 55.8 cm³/mol. The van der Waals surface area contributed by atoms with E-state index in [-0.39, 0.29) is 12.2 Å². The van der Waals surface area contributed by atoms with Crippen LogP contribution in [0.5, 0.6) is 0 Å². The number of nitrogens with zero attached hydrogens (tertiary/aromatic N) is 2. The largest absolute Gasteiger partial charge is 0.481 e. The second-order valence-corrected chi connectivity index (χ2v) is 3.45. The number of aromatic nitrogens is 2. The molecule has 0 bridgehead atoms. The Kier molecular flexibility index (Phi) is 2.68. The predicted octanol–water partition coefficient (Wildman–Crippen LogP) is 1.67. The second kappa shape index (κ2) is 4.14. The molecule has 5 heteroatoms. The Labute approximate surface area is 91.7 Å². The summed E-state index contributed by atoms with van der Waals surface area (Å²) in [5.41, 5.74) is 1.92. The van der Waals surface area contributed by atoms with Crippen molar-refractivity contribution in [2.45, 2.75) is 13.3 Å². The lowest BCUT2D eigenvalue weighted by molar-refractivity contribution is -0.136. The van der Waals surface area contributed by atoms with Crippen LogP contribution in [-0.4, -0.2) is 21.2 Å². The molecule has 82 valence electrons. The highest BCUT2D eigenvalue weighted by molar-refractivity contribution is 5.69. The minimum absolute atomic E-state index is 0.183. The molecule has 0 amide bonds. The van der Waals surface area contributed by atoms with Crippen molar-refractivity contribution in [1.29, 1.82) is 0 Å². The first-order valence-corrected chi connectivity index (χ1v) is 4.76. The van der Waals surface area contributed by atoms with E-state index in [9.17, 15) is 4.79 Å². The van der Waals surface area contributed by atoms with Crippen LogP contribution >= 0.6 is 0 Å². The van der Waals surface area contributed by atoms with Gasteiger partial charge in [0, 0.05) is 5.56 Å². The first-order valence-electron chi connectivity index (χ1n) is 4.76. The molecule has 2 aromatic rings. The number of benzene rings is 1. The molecule has 0 aliphatic heterocycles. The van der Waals surface area contributed by atoms with Crippen molar-refractivity contribution in [2.24, 2.45) is 0 Å². The van der Waals surface area contributed by atoms with E-state index in [1.807, 2.05) is 31.2 Å². The summed E-state index contributed by atoms with van der Waals surface area (Å²) in [5.74, 6) is -0.449. The summed E-state index contributed by atoms with van der Waals surface area (Å²) in [6.45, 7) is 1.98. The molecule has 2 rings (SSSR count). The number of carboxylic acids is 1. The van der Waals surface area contributed by atoms with Crippen LogP contribution in [0.2, 0.25) is 0 Å². The fourth-order valence-electron chi connectivity index (χ4n) is 1.27. The van der Waals surface area contributed by atoms with Gasteiger partial charge in [-0.3, -0.25) is 4.79 Å². The maximum atomic E-state index is 10.4. The highest BCUT2D eigenvalue weighted by Crippen LogP contribution is 2.17. The Morgan fingerprint density at radius 2 is 2.06 bits per heavy atom. The van der Waals surface area contributed by atoms with E-state index in [4.69, 9.17) is 9.63 Å². The molecule has 0 fully saturated rings. The van der Waals surface area contributed by atoms with Gasteiger partial charge in [0.05, 0.1) is 0 Å². The first kappa shape index (κ1) is 10.4. The molecule has 0 aliphatic carbocycles. The first-order chi connectivity index (χ1) is 7.65. The number of carboxylic acid groups (broad SMARTS) is 1. The number of rotatable bonds is 3. The van der Waals surface area contributed by atoms with Gasteiger partial charge in [-0.2, -0.15) is 4.98 Å². The van der Waals surface area contributed by atoms with E-state index in [0.29, 0.717) is 5.89 Å². The average Bonchev–Trinajstić information content (AvgIpc) is 2.66. The third-order valence-corrected chi connectivity index (χ3v) is 2.08. The molecule has 0 radical (unpaired) electrons. The third kappa shape index (κ3) is 2.25. The van der Waals surface area contributed by atoms with E-state index in [0.717, 1.165) is 11.1 Å². The number of aryl methyl sites for hydroxylation is 1. The molecule has 0 saturated carbocycles. The highest BCUT2D eigenvalue weighted by Gasteiger charge is 2.10. The Bertz CT molecular complexity index is 502. The second-order valence-electron chi connectivity index (χ2n) is 3.45. The lowest BCUT2D eigenvalue weighted by atomic mass is 10.1. The molecule has 0 unspecified atom stereocenters. The minimum atomic E-state index is -0.976. The van der Waals surface area contributed by atoms with E-state index in [1.54, 1.807) is 0 Å². The highest BCUT2D eigenvalue weighted by atomic mass is 16.5. The van der Waals surface area contributed by atoms with Crippen LogP contribution in [0.15, 0.2) is 28.8 Å². The Hall–Kier alpha value is -2.17. The SMILES string of the molecule is Cc1ccc(-c2nc(CC(=O)O)no2)cc1. The van der Waals surface area contributed by atoms with E-state index < -0.39 is 5.97 Å². The fraction of sp³-hybridized carbons (Fsp3) is 0.182.